The van der Waals surface area contributed by atoms with Crippen molar-refractivity contribution in [2.24, 2.45) is 5.73 Å². The van der Waals surface area contributed by atoms with Crippen molar-refractivity contribution in [3.8, 4) is 0 Å². The van der Waals surface area contributed by atoms with Gasteiger partial charge < -0.3 is 11.1 Å². The summed E-state index contributed by atoms with van der Waals surface area (Å²) in [7, 11) is 0. The topological polar surface area (TPSA) is 75.4 Å². The first-order valence-corrected chi connectivity index (χ1v) is 6.13. The molecule has 102 valence electrons. The molecule has 0 atom stereocenters. The molecule has 0 aliphatic rings. The van der Waals surface area contributed by atoms with Crippen LogP contribution in [0.2, 0.25) is 0 Å². The van der Waals surface area contributed by atoms with Gasteiger partial charge in [-0.05, 0) is 37.1 Å². The molecule has 0 aliphatic carbocycles. The van der Waals surface area contributed by atoms with Crippen molar-refractivity contribution in [3.63, 3.8) is 0 Å². The maximum Gasteiger partial charge on any atom is 0.327 e. The quantitative estimate of drug-likeness (QED) is 0.762. The van der Waals surface area contributed by atoms with E-state index in [0.29, 0.717) is 25.9 Å². The molecule has 0 radical (unpaired) electrons. The lowest BCUT2D eigenvalue weighted by atomic mass is 10.1. The molecule has 0 fully saturated rings. The Hall–Kier alpha value is -2.14. The number of benzene rings is 1. The minimum absolute atomic E-state index is 0.323. The van der Waals surface area contributed by atoms with Crippen LogP contribution in [0.3, 0.4) is 0 Å². The summed E-state index contributed by atoms with van der Waals surface area (Å²) in [4.78, 5) is 23.5. The summed E-state index contributed by atoms with van der Waals surface area (Å²) >= 11 is 0. The fourth-order valence-corrected chi connectivity index (χ4v) is 1.52. The van der Waals surface area contributed by atoms with Crippen LogP contribution in [0.15, 0.2) is 30.5 Å². The molecule has 19 heavy (non-hydrogen) atoms. The summed E-state index contributed by atoms with van der Waals surface area (Å²) in [5, 5.41) is 2.55. The van der Waals surface area contributed by atoms with Crippen molar-refractivity contribution in [1.82, 2.24) is 10.2 Å². The maximum atomic E-state index is 11.6. The van der Waals surface area contributed by atoms with Gasteiger partial charge in [-0.15, -0.1) is 0 Å². The maximum absolute atomic E-state index is 11.6. The van der Waals surface area contributed by atoms with Gasteiger partial charge in [0.25, 0.3) is 0 Å². The average Bonchev–Trinajstić information content (AvgIpc) is 2.42. The first-order valence-electron chi connectivity index (χ1n) is 6.13. The second-order valence-electron chi connectivity index (χ2n) is 4.08. The zero-order chi connectivity index (χ0) is 14.1. The number of amides is 3. The molecular formula is C14H19N3O2. The highest BCUT2D eigenvalue weighted by Crippen LogP contribution is 2.07. The van der Waals surface area contributed by atoms with Gasteiger partial charge in [0.2, 0.25) is 6.41 Å². The number of hydrogen-bond donors (Lipinski definition) is 2. The van der Waals surface area contributed by atoms with Crippen LogP contribution in [0.5, 0.6) is 0 Å². The van der Waals surface area contributed by atoms with Crippen molar-refractivity contribution in [1.29, 1.82) is 0 Å². The summed E-state index contributed by atoms with van der Waals surface area (Å²) in [6.45, 7) is 2.75. The first kappa shape index (κ1) is 14.9. The Morgan fingerprint density at radius 3 is 2.79 bits per heavy atom. The lowest BCUT2D eigenvalue weighted by Crippen LogP contribution is -2.37. The summed E-state index contributed by atoms with van der Waals surface area (Å²) in [6, 6.07) is 7.36. The van der Waals surface area contributed by atoms with Crippen LogP contribution in [0, 0.1) is 6.92 Å². The highest BCUT2D eigenvalue weighted by Gasteiger charge is 2.09. The van der Waals surface area contributed by atoms with Crippen LogP contribution in [0.1, 0.15) is 17.5 Å². The molecule has 0 saturated heterocycles. The van der Waals surface area contributed by atoms with E-state index in [2.05, 4.69) is 5.32 Å². The Morgan fingerprint density at radius 1 is 1.42 bits per heavy atom. The van der Waals surface area contributed by atoms with Crippen LogP contribution < -0.4 is 11.1 Å². The van der Waals surface area contributed by atoms with Gasteiger partial charge in [-0.1, -0.05) is 24.3 Å². The Balaban J connectivity index is 2.53. The van der Waals surface area contributed by atoms with Crippen molar-refractivity contribution in [2.45, 2.75) is 13.3 Å². The van der Waals surface area contributed by atoms with Crippen molar-refractivity contribution >= 4 is 18.5 Å². The number of nitrogens with zero attached hydrogens (tertiary/aromatic N) is 1. The highest BCUT2D eigenvalue weighted by molar-refractivity contribution is 5.85. The van der Waals surface area contributed by atoms with Gasteiger partial charge in [0, 0.05) is 12.7 Å². The summed E-state index contributed by atoms with van der Waals surface area (Å²) in [5.74, 6) is 0. The summed E-state index contributed by atoms with van der Waals surface area (Å²) in [5.41, 5.74) is 7.47. The first-order chi connectivity index (χ1) is 9.19. The number of nitrogens with one attached hydrogen (secondary N) is 1. The molecule has 0 bridgehead atoms. The van der Waals surface area contributed by atoms with Crippen LogP contribution in [-0.4, -0.2) is 30.4 Å². The highest BCUT2D eigenvalue weighted by atomic mass is 16.2. The number of imide groups is 1. The van der Waals surface area contributed by atoms with Gasteiger partial charge in [0.05, 0.1) is 0 Å². The average molecular weight is 261 g/mol. The smallest absolute Gasteiger partial charge is 0.327 e. The van der Waals surface area contributed by atoms with Gasteiger partial charge in [-0.3, -0.25) is 9.69 Å². The van der Waals surface area contributed by atoms with E-state index in [1.165, 1.54) is 6.20 Å². The molecule has 3 amide bonds. The standard InChI is InChI=1S/C14H19N3O2/c1-12-5-2-3-6-13(12)7-9-16-14(19)17(11-18)10-4-8-15/h2-3,5-7,9,11H,4,8,10,15H2,1H3,(H,16,19)/b9-7+. The Morgan fingerprint density at radius 2 is 2.16 bits per heavy atom. The van der Waals surface area contributed by atoms with Crippen molar-refractivity contribution in [2.75, 3.05) is 13.1 Å². The molecule has 0 unspecified atom stereocenters. The van der Waals surface area contributed by atoms with E-state index >= 15 is 0 Å². The van der Waals surface area contributed by atoms with Gasteiger partial charge in [0.1, 0.15) is 0 Å². The summed E-state index contributed by atoms with van der Waals surface area (Å²) in [6.07, 6.45) is 4.42. The predicted molar refractivity (Wildman–Crippen MR) is 75.2 cm³/mol. The van der Waals surface area contributed by atoms with Crippen LogP contribution >= 0.6 is 0 Å². The fraction of sp³-hybridized carbons (Fsp3) is 0.286. The predicted octanol–water partition coefficient (Wildman–Crippen LogP) is 1.48. The number of carbonyl (C=O) groups is 2. The molecular weight excluding hydrogens is 242 g/mol. The second-order valence-corrected chi connectivity index (χ2v) is 4.08. The van der Waals surface area contributed by atoms with E-state index in [-0.39, 0.29) is 0 Å². The molecule has 5 nitrogen and oxygen atoms in total. The third-order valence-electron chi connectivity index (χ3n) is 2.65. The second kappa shape index (κ2) is 8.05. The molecule has 0 saturated carbocycles. The van der Waals surface area contributed by atoms with Gasteiger partial charge in [-0.25, -0.2) is 4.79 Å². The van der Waals surface area contributed by atoms with Gasteiger partial charge >= 0.3 is 6.03 Å². The van der Waals surface area contributed by atoms with Gasteiger partial charge in [-0.2, -0.15) is 0 Å². The number of aryl methyl sites for hydroxylation is 1. The monoisotopic (exact) mass is 261 g/mol. The molecule has 1 rings (SSSR count). The third-order valence-corrected chi connectivity index (χ3v) is 2.65. The normalized spacial score (nSPS) is 10.4. The molecule has 0 heterocycles. The number of carbonyl (C=O) groups excluding carboxylic acids is 2. The van der Waals surface area contributed by atoms with Crippen LogP contribution in [0.25, 0.3) is 6.08 Å². The number of hydrogen-bond acceptors (Lipinski definition) is 3. The third kappa shape index (κ3) is 4.93. The number of urea groups is 1. The van der Waals surface area contributed by atoms with E-state index < -0.39 is 6.03 Å². The Kier molecular flexibility index (Phi) is 6.32. The number of nitrogens with two attached hydrogens (primary N) is 1. The minimum atomic E-state index is -0.451. The largest absolute Gasteiger partial charge is 0.330 e. The molecule has 0 spiro atoms. The fourth-order valence-electron chi connectivity index (χ4n) is 1.52. The number of rotatable bonds is 6. The molecule has 0 aliphatic heterocycles. The van der Waals surface area contributed by atoms with Gasteiger partial charge in [0.15, 0.2) is 0 Å². The molecule has 1 aromatic carbocycles. The van der Waals surface area contributed by atoms with E-state index in [4.69, 9.17) is 5.73 Å². The van der Waals surface area contributed by atoms with E-state index in [0.717, 1.165) is 16.0 Å². The zero-order valence-corrected chi connectivity index (χ0v) is 11.0. The van der Waals surface area contributed by atoms with Crippen molar-refractivity contribution in [3.05, 3.63) is 41.6 Å². The van der Waals surface area contributed by atoms with Crippen LogP contribution in [0.4, 0.5) is 4.79 Å². The van der Waals surface area contributed by atoms with Crippen molar-refractivity contribution < 1.29 is 9.59 Å². The molecule has 5 heteroatoms. The lowest BCUT2D eigenvalue weighted by molar-refractivity contribution is -0.115. The van der Waals surface area contributed by atoms with Crippen LogP contribution in [-0.2, 0) is 4.79 Å². The minimum Gasteiger partial charge on any atom is -0.330 e. The Bertz CT molecular complexity index is 458. The zero-order valence-electron chi connectivity index (χ0n) is 11.0. The molecule has 3 N–H and O–H groups in total. The SMILES string of the molecule is Cc1ccccc1/C=C/NC(=O)N(C=O)CCCN. The van der Waals surface area contributed by atoms with E-state index in [1.807, 2.05) is 31.2 Å². The summed E-state index contributed by atoms with van der Waals surface area (Å²) < 4.78 is 0. The van der Waals surface area contributed by atoms with E-state index in [1.54, 1.807) is 6.08 Å². The van der Waals surface area contributed by atoms with E-state index in [9.17, 15) is 9.59 Å². The molecule has 1 aromatic rings. The Labute approximate surface area is 113 Å². The molecule has 0 aromatic heterocycles. The lowest BCUT2D eigenvalue weighted by Gasteiger charge is -2.13.